The van der Waals surface area contributed by atoms with Crippen molar-refractivity contribution in [3.8, 4) is 0 Å². The van der Waals surface area contributed by atoms with E-state index in [9.17, 15) is 9.59 Å². The van der Waals surface area contributed by atoms with Gasteiger partial charge in [-0.15, -0.1) is 12.4 Å². The third-order valence-electron chi connectivity index (χ3n) is 3.63. The first kappa shape index (κ1) is 18.3. The maximum atomic E-state index is 12.0. The number of primary amides is 1. The molecule has 1 fully saturated rings. The van der Waals surface area contributed by atoms with Crippen LogP contribution in [0.25, 0.3) is 0 Å². The highest BCUT2D eigenvalue weighted by Gasteiger charge is 2.14. The lowest BCUT2D eigenvalue weighted by Gasteiger charge is -2.22. The Labute approximate surface area is 136 Å². The fraction of sp³-hybridized carbons (Fsp3) is 0.467. The number of carbonyl (C=O) groups excluding carboxylic acids is 2. The normalized spacial score (nSPS) is 17.2. The van der Waals surface area contributed by atoms with Gasteiger partial charge in [-0.05, 0) is 49.5 Å². The first-order chi connectivity index (χ1) is 10.1. The van der Waals surface area contributed by atoms with E-state index in [2.05, 4.69) is 16.0 Å². The lowest BCUT2D eigenvalue weighted by Crippen LogP contribution is -2.38. The highest BCUT2D eigenvalue weighted by atomic mass is 35.5. The van der Waals surface area contributed by atoms with Gasteiger partial charge in [-0.25, -0.2) is 4.79 Å². The summed E-state index contributed by atoms with van der Waals surface area (Å²) in [6.07, 6.45) is 2.33. The molecule has 7 heteroatoms. The Morgan fingerprint density at radius 2 is 1.95 bits per heavy atom. The molecule has 1 atom stereocenters. The number of benzene rings is 1. The predicted octanol–water partition coefficient (Wildman–Crippen LogP) is 1.01. The van der Waals surface area contributed by atoms with Crippen molar-refractivity contribution in [3.05, 3.63) is 35.4 Å². The monoisotopic (exact) mass is 326 g/mol. The lowest BCUT2D eigenvalue weighted by molar-refractivity contribution is 0.0945. The molecule has 1 unspecified atom stereocenters. The van der Waals surface area contributed by atoms with E-state index >= 15 is 0 Å². The average Bonchev–Trinajstić information content (AvgIpc) is 2.52. The average molecular weight is 327 g/mol. The first-order valence-corrected chi connectivity index (χ1v) is 7.26. The molecule has 0 bridgehead atoms. The zero-order valence-corrected chi connectivity index (χ0v) is 13.2. The largest absolute Gasteiger partial charge is 0.352 e. The number of piperidine rings is 1. The molecule has 3 amide bonds. The van der Waals surface area contributed by atoms with E-state index in [1.807, 2.05) is 12.1 Å². The summed E-state index contributed by atoms with van der Waals surface area (Å²) in [5.74, 6) is 0.455. The minimum absolute atomic E-state index is 0. The van der Waals surface area contributed by atoms with Crippen LogP contribution in [0.5, 0.6) is 0 Å². The van der Waals surface area contributed by atoms with E-state index in [0.29, 0.717) is 24.6 Å². The third kappa shape index (κ3) is 5.91. The van der Waals surface area contributed by atoms with Crippen LogP contribution in [0.4, 0.5) is 4.79 Å². The summed E-state index contributed by atoms with van der Waals surface area (Å²) >= 11 is 0. The minimum Gasteiger partial charge on any atom is -0.352 e. The molecule has 0 aromatic heterocycles. The van der Waals surface area contributed by atoms with Crippen molar-refractivity contribution < 1.29 is 9.59 Å². The second-order valence-electron chi connectivity index (χ2n) is 5.34. The Balaban J connectivity index is 0.00000242. The predicted molar refractivity (Wildman–Crippen MR) is 88.0 cm³/mol. The quantitative estimate of drug-likeness (QED) is 0.650. The van der Waals surface area contributed by atoms with Crippen molar-refractivity contribution in [1.82, 2.24) is 16.0 Å². The Morgan fingerprint density at radius 3 is 2.55 bits per heavy atom. The highest BCUT2D eigenvalue weighted by molar-refractivity contribution is 5.94. The van der Waals surface area contributed by atoms with Crippen LogP contribution in [0.15, 0.2) is 24.3 Å². The van der Waals surface area contributed by atoms with Gasteiger partial charge in [-0.3, -0.25) is 4.79 Å². The van der Waals surface area contributed by atoms with Crippen LogP contribution >= 0.6 is 12.4 Å². The summed E-state index contributed by atoms with van der Waals surface area (Å²) in [7, 11) is 0. The highest BCUT2D eigenvalue weighted by Crippen LogP contribution is 2.09. The van der Waals surface area contributed by atoms with Crippen LogP contribution < -0.4 is 21.7 Å². The van der Waals surface area contributed by atoms with E-state index in [4.69, 9.17) is 5.73 Å². The fourth-order valence-electron chi connectivity index (χ4n) is 2.40. The van der Waals surface area contributed by atoms with Crippen molar-refractivity contribution >= 4 is 24.3 Å². The van der Waals surface area contributed by atoms with Gasteiger partial charge in [0.05, 0.1) is 0 Å². The van der Waals surface area contributed by atoms with Gasteiger partial charge in [0.2, 0.25) is 0 Å². The standard InChI is InChI=1S/C15H22N4O2.ClH/c16-15(21)19-9-11-3-5-13(6-4-11)14(20)18-10-12-2-1-7-17-8-12;/h3-6,12,17H,1-2,7-10H2,(H,18,20)(H3,16,19,21);1H. The van der Waals surface area contributed by atoms with Gasteiger partial charge in [-0.2, -0.15) is 0 Å². The number of hydrogen-bond donors (Lipinski definition) is 4. The number of halogens is 1. The first-order valence-electron chi connectivity index (χ1n) is 7.26. The molecule has 22 heavy (non-hydrogen) atoms. The van der Waals surface area contributed by atoms with Crippen molar-refractivity contribution in [2.75, 3.05) is 19.6 Å². The zero-order chi connectivity index (χ0) is 15.1. The van der Waals surface area contributed by atoms with Gasteiger partial charge in [0.15, 0.2) is 0 Å². The maximum absolute atomic E-state index is 12.0. The number of carbonyl (C=O) groups is 2. The summed E-state index contributed by atoms with van der Waals surface area (Å²) in [6, 6.07) is 6.58. The van der Waals surface area contributed by atoms with Crippen LogP contribution in [0.2, 0.25) is 0 Å². The van der Waals surface area contributed by atoms with Crippen LogP contribution in [0, 0.1) is 5.92 Å². The van der Waals surface area contributed by atoms with Gasteiger partial charge in [0.1, 0.15) is 0 Å². The second-order valence-corrected chi connectivity index (χ2v) is 5.34. The van der Waals surface area contributed by atoms with Gasteiger partial charge in [0.25, 0.3) is 5.91 Å². The molecule has 1 heterocycles. The van der Waals surface area contributed by atoms with Gasteiger partial charge < -0.3 is 21.7 Å². The second kappa shape index (κ2) is 9.27. The summed E-state index contributed by atoms with van der Waals surface area (Å²) < 4.78 is 0. The SMILES string of the molecule is Cl.NC(=O)NCc1ccc(C(=O)NCC2CCCNC2)cc1. The lowest BCUT2D eigenvalue weighted by atomic mass is 9.99. The molecule has 122 valence electrons. The molecule has 0 aliphatic carbocycles. The number of amides is 3. The molecule has 1 aromatic rings. The third-order valence-corrected chi connectivity index (χ3v) is 3.63. The van der Waals surface area contributed by atoms with Crippen molar-refractivity contribution in [1.29, 1.82) is 0 Å². The van der Waals surface area contributed by atoms with E-state index in [1.54, 1.807) is 12.1 Å². The molecule has 5 N–H and O–H groups in total. The molecule has 1 saturated heterocycles. The summed E-state index contributed by atoms with van der Waals surface area (Å²) in [4.78, 5) is 22.7. The molecule has 1 aliphatic rings. The van der Waals surface area contributed by atoms with E-state index < -0.39 is 6.03 Å². The molecule has 2 rings (SSSR count). The Morgan fingerprint density at radius 1 is 1.23 bits per heavy atom. The van der Waals surface area contributed by atoms with Crippen molar-refractivity contribution in [2.45, 2.75) is 19.4 Å². The number of hydrogen-bond acceptors (Lipinski definition) is 3. The molecule has 1 aliphatic heterocycles. The maximum Gasteiger partial charge on any atom is 0.312 e. The number of nitrogens with two attached hydrogens (primary N) is 1. The van der Waals surface area contributed by atoms with E-state index in [-0.39, 0.29) is 18.3 Å². The van der Waals surface area contributed by atoms with Crippen molar-refractivity contribution in [2.24, 2.45) is 11.7 Å². The Hall–Kier alpha value is -1.79. The summed E-state index contributed by atoms with van der Waals surface area (Å²) in [5, 5.41) is 8.81. The molecular formula is C15H23ClN4O2. The molecule has 0 saturated carbocycles. The fourth-order valence-corrected chi connectivity index (χ4v) is 2.40. The molecule has 0 radical (unpaired) electrons. The molecule has 0 spiro atoms. The zero-order valence-electron chi connectivity index (χ0n) is 12.4. The number of rotatable bonds is 5. The summed E-state index contributed by atoms with van der Waals surface area (Å²) in [5.41, 5.74) is 6.54. The Kier molecular flexibility index (Phi) is 7.70. The molecule has 6 nitrogen and oxygen atoms in total. The molecular weight excluding hydrogens is 304 g/mol. The Bertz CT molecular complexity index is 487. The van der Waals surface area contributed by atoms with E-state index in [0.717, 1.165) is 25.1 Å². The number of nitrogens with one attached hydrogen (secondary N) is 3. The van der Waals surface area contributed by atoms with Gasteiger partial charge in [-0.1, -0.05) is 12.1 Å². The van der Waals surface area contributed by atoms with Crippen LogP contribution in [0.3, 0.4) is 0 Å². The smallest absolute Gasteiger partial charge is 0.312 e. The topological polar surface area (TPSA) is 96.2 Å². The molecule has 1 aromatic carbocycles. The van der Waals surface area contributed by atoms with Gasteiger partial charge >= 0.3 is 6.03 Å². The summed E-state index contributed by atoms with van der Waals surface area (Å²) in [6.45, 7) is 3.12. The minimum atomic E-state index is -0.557. The van der Waals surface area contributed by atoms with Crippen LogP contribution in [-0.2, 0) is 6.54 Å². The van der Waals surface area contributed by atoms with Crippen LogP contribution in [0.1, 0.15) is 28.8 Å². The van der Waals surface area contributed by atoms with Crippen LogP contribution in [-0.4, -0.2) is 31.6 Å². The van der Waals surface area contributed by atoms with E-state index in [1.165, 1.54) is 6.42 Å². The van der Waals surface area contributed by atoms with Gasteiger partial charge in [0, 0.05) is 18.7 Å². The number of urea groups is 1. The van der Waals surface area contributed by atoms with Crippen molar-refractivity contribution in [3.63, 3.8) is 0 Å².